The zero-order valence-corrected chi connectivity index (χ0v) is 59.5. The monoisotopic (exact) mass is 1410 g/mol. The van der Waals surface area contributed by atoms with Gasteiger partial charge in [0, 0.05) is 5.92 Å². The van der Waals surface area contributed by atoms with Gasteiger partial charge in [-0.1, -0.05) is 268 Å². The molecule has 12 rings (SSSR count). The predicted molar refractivity (Wildman–Crippen MR) is 395 cm³/mol. The summed E-state index contributed by atoms with van der Waals surface area (Å²) in [5.41, 5.74) is 8.56. The van der Waals surface area contributed by atoms with Crippen LogP contribution in [0, 0.1) is 5.92 Å². The Morgan fingerprint density at radius 1 is 0.298 bits per heavy atom. The van der Waals surface area contributed by atoms with Crippen LogP contribution in [0.1, 0.15) is 69.8 Å². The third-order valence-electron chi connectivity index (χ3n) is 18.8. The maximum absolute atomic E-state index is 7.85. The van der Waals surface area contributed by atoms with Crippen LogP contribution in [0.5, 0.6) is 5.75 Å². The fourth-order valence-corrected chi connectivity index (χ4v) is 13.2. The average Bonchev–Trinajstić information content (AvgIpc) is 0.765. The maximum Gasteiger partial charge on any atom is 0.187 e. The van der Waals surface area contributed by atoms with E-state index in [2.05, 4.69) is 13.5 Å². The molecule has 3 aliphatic heterocycles. The van der Waals surface area contributed by atoms with Crippen molar-refractivity contribution in [2.45, 2.75) is 165 Å². The Kier molecular flexibility index (Phi) is 29.8. The molecule has 15 atom stereocenters. The Morgan fingerprint density at radius 3 is 0.923 bits per heavy atom. The van der Waals surface area contributed by atoms with Gasteiger partial charge in [-0.3, -0.25) is 0 Å². The Labute approximate surface area is 612 Å². The molecule has 3 heterocycles. The first-order chi connectivity index (χ1) is 51.4. The summed E-state index contributed by atoms with van der Waals surface area (Å²) in [7, 11) is 1.66. The van der Waals surface area contributed by atoms with Crippen molar-refractivity contribution in [1.29, 1.82) is 0 Å². The normalized spacial score (nSPS) is 24.7. The van der Waals surface area contributed by atoms with Gasteiger partial charge in [0.2, 0.25) is 0 Å². The lowest BCUT2D eigenvalue weighted by Gasteiger charge is -2.51. The van der Waals surface area contributed by atoms with E-state index in [1.54, 1.807) is 7.11 Å². The number of hydrogen-bond donors (Lipinski definition) is 0. The molecule has 3 aliphatic rings. The average molecular weight is 1410 g/mol. The molecular weight excluding hydrogens is 1310 g/mol. The predicted octanol–water partition coefficient (Wildman–Crippen LogP) is 15.7. The number of allylic oxidation sites excluding steroid dienone is 1. The summed E-state index contributed by atoms with van der Waals surface area (Å²) >= 11 is 0. The number of benzene rings is 9. The number of ether oxygens (including phenoxy) is 16. The molecule has 0 aromatic heterocycles. The van der Waals surface area contributed by atoms with Crippen molar-refractivity contribution in [3.05, 3.63) is 330 Å². The minimum atomic E-state index is -1.27. The van der Waals surface area contributed by atoms with Gasteiger partial charge in [-0.25, -0.2) is 0 Å². The minimum Gasteiger partial charge on any atom is -0.497 e. The van der Waals surface area contributed by atoms with Gasteiger partial charge in [0.05, 0.1) is 105 Å². The molecule has 3 fully saturated rings. The van der Waals surface area contributed by atoms with Crippen LogP contribution >= 0.6 is 0 Å². The highest BCUT2D eigenvalue weighted by Gasteiger charge is 2.57. The smallest absolute Gasteiger partial charge is 0.187 e. The fourth-order valence-electron chi connectivity index (χ4n) is 13.2. The summed E-state index contributed by atoms with van der Waals surface area (Å²) in [4.78, 5) is 0. The van der Waals surface area contributed by atoms with E-state index in [1.165, 1.54) is 0 Å². The van der Waals surface area contributed by atoms with Gasteiger partial charge in [-0.05, 0) is 75.0 Å². The van der Waals surface area contributed by atoms with Crippen molar-refractivity contribution in [3.63, 3.8) is 0 Å². The number of unbranched alkanes of at least 4 members (excludes halogenated alkanes) is 1. The zero-order valence-electron chi connectivity index (χ0n) is 59.5. The molecule has 0 aliphatic carbocycles. The van der Waals surface area contributed by atoms with Crippen molar-refractivity contribution in [2.75, 3.05) is 33.5 Å². The Morgan fingerprint density at radius 2 is 0.577 bits per heavy atom. The molecule has 3 saturated heterocycles. The van der Waals surface area contributed by atoms with Crippen LogP contribution in [-0.2, 0) is 131 Å². The highest BCUT2D eigenvalue weighted by Crippen LogP contribution is 2.40. The van der Waals surface area contributed by atoms with Gasteiger partial charge in [0.25, 0.3) is 0 Å². The van der Waals surface area contributed by atoms with Crippen LogP contribution < -0.4 is 4.74 Å². The van der Waals surface area contributed by atoms with Crippen LogP contribution in [-0.4, -0.2) is 120 Å². The van der Waals surface area contributed by atoms with E-state index in [0.29, 0.717) is 19.6 Å². The van der Waals surface area contributed by atoms with Crippen molar-refractivity contribution in [2.24, 2.45) is 5.92 Å². The fraction of sp³-hybridized carbons (Fsp3) is 0.364. The molecular formula is C88H98O16. The minimum absolute atomic E-state index is 0.0160. The third kappa shape index (κ3) is 22.5. The van der Waals surface area contributed by atoms with E-state index >= 15 is 0 Å². The lowest BCUT2D eigenvalue weighted by atomic mass is 9.90. The van der Waals surface area contributed by atoms with Crippen molar-refractivity contribution < 1.29 is 75.8 Å². The van der Waals surface area contributed by atoms with Gasteiger partial charge in [-0.15, -0.1) is 6.58 Å². The molecule has 0 bridgehead atoms. The number of methoxy groups -OCH3 is 1. The van der Waals surface area contributed by atoms with Gasteiger partial charge in [0.1, 0.15) is 60.7 Å². The van der Waals surface area contributed by atoms with Crippen LogP contribution in [0.4, 0.5) is 0 Å². The summed E-state index contributed by atoms with van der Waals surface area (Å²) in [6.45, 7) is 8.67. The number of rotatable bonds is 40. The van der Waals surface area contributed by atoms with Crippen LogP contribution in [0.15, 0.2) is 280 Å². The molecule has 9 aromatic rings. The molecule has 0 saturated carbocycles. The first-order valence-corrected chi connectivity index (χ1v) is 36.3. The first kappa shape index (κ1) is 75.6. The molecule has 0 amide bonds. The molecule has 16 nitrogen and oxygen atoms in total. The summed E-state index contributed by atoms with van der Waals surface area (Å²) in [5.74, 6) is 0.446. The maximum atomic E-state index is 7.85. The van der Waals surface area contributed by atoms with E-state index < -0.39 is 86.0 Å². The van der Waals surface area contributed by atoms with Crippen molar-refractivity contribution >= 4 is 0 Å². The van der Waals surface area contributed by atoms with E-state index in [9.17, 15) is 0 Å². The standard InChI is InChI=1S/C88H98O16/c1-4-5-30-51-93-86-84(98-58-71-43-26-12-27-44-71)81(95-55-68-37-20-9-21-38-68)79(76(101-86)62-91-53-66-33-16-7-17-34-66)104-88-85(99-59-72-45-28-13-29-46-72)82(96-56-69-39-22-10-23-40-69)80(77(102-88)63-92-54-67-35-18-8-19-36-67)103-87-83(97-57-70-41-24-11-25-42-70)78(94-60-73-47-49-74(89-3)50-48-73)64(2)75(100-87)61-90-52-65-31-14-6-15-32-65/h4,6-29,31-50,64,75-88H,1,5,30,51-63H2,2-3H3/t64-,75?,76?,77?,78-,79-,80-,81+,82-,83?,84?,85?,86+,87-,88-/m0/s1. The molecule has 546 valence electrons. The molecule has 16 heteroatoms. The second-order valence-electron chi connectivity index (χ2n) is 26.4. The van der Waals surface area contributed by atoms with Gasteiger partial charge in [-0.2, -0.15) is 0 Å². The van der Waals surface area contributed by atoms with Crippen molar-refractivity contribution in [1.82, 2.24) is 0 Å². The Hall–Kier alpha value is -8.08. The summed E-state index contributed by atoms with van der Waals surface area (Å²) in [6, 6.07) is 88.3. The summed E-state index contributed by atoms with van der Waals surface area (Å²) in [6.07, 6.45) is -9.86. The largest absolute Gasteiger partial charge is 0.497 e. The summed E-state index contributed by atoms with van der Waals surface area (Å²) < 4.78 is 114. The highest BCUT2D eigenvalue weighted by molar-refractivity contribution is 5.27. The van der Waals surface area contributed by atoms with E-state index in [-0.39, 0.29) is 78.6 Å². The lowest BCUT2D eigenvalue weighted by molar-refractivity contribution is -0.393. The second-order valence-corrected chi connectivity index (χ2v) is 26.4. The van der Waals surface area contributed by atoms with Gasteiger partial charge < -0.3 is 75.8 Å². The first-order valence-electron chi connectivity index (χ1n) is 36.3. The third-order valence-corrected chi connectivity index (χ3v) is 18.8. The summed E-state index contributed by atoms with van der Waals surface area (Å²) in [5, 5.41) is 0. The molecule has 0 spiro atoms. The topological polar surface area (TPSA) is 148 Å². The van der Waals surface area contributed by atoms with E-state index in [4.69, 9.17) is 75.8 Å². The Bertz CT molecular complexity index is 3800. The second kappa shape index (κ2) is 41.0. The van der Waals surface area contributed by atoms with E-state index in [0.717, 1.165) is 62.2 Å². The van der Waals surface area contributed by atoms with Crippen LogP contribution in [0.25, 0.3) is 0 Å². The molecule has 104 heavy (non-hydrogen) atoms. The molecule has 0 radical (unpaired) electrons. The quantitative estimate of drug-likeness (QED) is 0.0265. The molecule has 9 aromatic carbocycles. The molecule has 6 unspecified atom stereocenters. The Balaban J connectivity index is 0.975. The van der Waals surface area contributed by atoms with Crippen molar-refractivity contribution in [3.8, 4) is 5.75 Å². The lowest BCUT2D eigenvalue weighted by Crippen LogP contribution is -2.67. The highest BCUT2D eigenvalue weighted by atomic mass is 16.8. The SMILES string of the molecule is C=CCCCO[C@@H]1OC(COCc2ccccc2)[C@H](O[C@@H]2OC(COCc3ccccc3)[C@H](O[C@@H]3OC(COCc4ccccc4)[C@H](C)[C@H](OCc4ccc(OC)cc4)C3OCc3ccccc3)[C@H](OCc3ccccc3)C2OCc2ccccc2)[C@@H](OCc2ccccc2)C1OCc1ccccc1. The zero-order chi connectivity index (χ0) is 71.2. The van der Waals surface area contributed by atoms with Gasteiger partial charge >= 0.3 is 0 Å². The van der Waals surface area contributed by atoms with Gasteiger partial charge in [0.15, 0.2) is 18.9 Å². The van der Waals surface area contributed by atoms with E-state index in [1.807, 2.05) is 273 Å². The van der Waals surface area contributed by atoms with Crippen LogP contribution in [0.3, 0.4) is 0 Å². The van der Waals surface area contributed by atoms with Crippen LogP contribution in [0.2, 0.25) is 0 Å². The number of hydrogen-bond acceptors (Lipinski definition) is 16. The molecule has 0 N–H and O–H groups in total.